The Hall–Kier alpha value is -3.33. The van der Waals surface area contributed by atoms with Gasteiger partial charge in [-0.2, -0.15) is 0 Å². The molecule has 1 aromatic heterocycles. The van der Waals surface area contributed by atoms with Crippen LogP contribution in [0, 0.1) is 0 Å². The number of hydrogen-bond donors (Lipinski definition) is 0. The van der Waals surface area contributed by atoms with Gasteiger partial charge in [-0.05, 0) is 53.3 Å². The summed E-state index contributed by atoms with van der Waals surface area (Å²) in [6.07, 6.45) is 7.09. The van der Waals surface area contributed by atoms with Crippen LogP contribution in [-0.4, -0.2) is 12.1 Å². The number of aromatic nitrogens is 1. The molecule has 0 aliphatic rings. The van der Waals surface area contributed by atoms with Crippen LogP contribution in [0.2, 0.25) is 0 Å². The first-order valence-electron chi connectivity index (χ1n) is 9.30. The lowest BCUT2D eigenvalue weighted by atomic mass is 10.00. The summed E-state index contributed by atoms with van der Waals surface area (Å²) >= 11 is 0. The maximum Gasteiger partial charge on any atom is 0.221 e. The fourth-order valence-electron chi connectivity index (χ4n) is 3.08. The molecular weight excluding hydrogens is 346 g/mol. The van der Waals surface area contributed by atoms with Crippen LogP contribution in [0.25, 0.3) is 11.1 Å². The van der Waals surface area contributed by atoms with E-state index in [0.29, 0.717) is 12.5 Å². The van der Waals surface area contributed by atoms with E-state index < -0.39 is 0 Å². The van der Waals surface area contributed by atoms with E-state index in [2.05, 4.69) is 30.3 Å². The molecule has 0 amide bonds. The lowest BCUT2D eigenvalue weighted by molar-refractivity contribution is 0.295. The summed E-state index contributed by atoms with van der Waals surface area (Å²) < 4.78 is 11.6. The van der Waals surface area contributed by atoms with Gasteiger partial charge in [0.25, 0.3) is 0 Å². The molecule has 0 fully saturated rings. The molecular formula is C25H25NO2. The minimum atomic E-state index is 0.470. The quantitative estimate of drug-likeness (QED) is 0.446. The topological polar surface area (TPSA) is 31.4 Å². The number of methoxy groups -OCH3 is 1. The zero-order valence-electron chi connectivity index (χ0n) is 16.2. The summed E-state index contributed by atoms with van der Waals surface area (Å²) in [5.41, 5.74) is 5.28. The minimum absolute atomic E-state index is 0.470. The molecule has 1 heterocycles. The number of pyridine rings is 1. The number of rotatable bonds is 9. The SMILES string of the molecule is C=CCc1cnc(OCc2ccccc2)c(-c2ccc(OC)c(CC=C)c2)c1. The van der Waals surface area contributed by atoms with Crippen molar-refractivity contribution in [3.63, 3.8) is 0 Å². The van der Waals surface area contributed by atoms with Gasteiger partial charge in [-0.15, -0.1) is 13.2 Å². The Morgan fingerprint density at radius 2 is 1.71 bits per heavy atom. The van der Waals surface area contributed by atoms with Crippen LogP contribution in [0.1, 0.15) is 16.7 Å². The maximum absolute atomic E-state index is 6.08. The highest BCUT2D eigenvalue weighted by Crippen LogP contribution is 2.33. The monoisotopic (exact) mass is 371 g/mol. The summed E-state index contributed by atoms with van der Waals surface area (Å²) in [6, 6.07) is 18.3. The number of ether oxygens (including phenoxy) is 2. The summed E-state index contributed by atoms with van der Waals surface area (Å²) in [7, 11) is 1.68. The van der Waals surface area contributed by atoms with Gasteiger partial charge in [0.15, 0.2) is 0 Å². The molecule has 0 aliphatic carbocycles. The van der Waals surface area contributed by atoms with E-state index in [0.717, 1.165) is 46.4 Å². The largest absolute Gasteiger partial charge is 0.496 e. The van der Waals surface area contributed by atoms with Crippen molar-refractivity contribution >= 4 is 0 Å². The molecule has 0 saturated carbocycles. The van der Waals surface area contributed by atoms with E-state index in [4.69, 9.17) is 9.47 Å². The van der Waals surface area contributed by atoms with Crippen molar-refractivity contribution in [2.24, 2.45) is 0 Å². The normalized spacial score (nSPS) is 10.3. The summed E-state index contributed by atoms with van der Waals surface area (Å²) in [5, 5.41) is 0. The second-order valence-electron chi connectivity index (χ2n) is 6.48. The highest BCUT2D eigenvalue weighted by molar-refractivity contribution is 5.71. The molecule has 0 unspecified atom stereocenters. The van der Waals surface area contributed by atoms with Crippen molar-refractivity contribution in [3.05, 3.63) is 103 Å². The zero-order chi connectivity index (χ0) is 19.8. The van der Waals surface area contributed by atoms with Gasteiger partial charge < -0.3 is 9.47 Å². The smallest absolute Gasteiger partial charge is 0.221 e. The molecule has 3 heteroatoms. The van der Waals surface area contributed by atoms with Crippen LogP contribution < -0.4 is 9.47 Å². The summed E-state index contributed by atoms with van der Waals surface area (Å²) in [4.78, 5) is 4.59. The molecule has 28 heavy (non-hydrogen) atoms. The first-order chi connectivity index (χ1) is 13.7. The third kappa shape index (κ3) is 4.68. The van der Waals surface area contributed by atoms with Crippen LogP contribution in [0.15, 0.2) is 86.1 Å². The van der Waals surface area contributed by atoms with Gasteiger partial charge in [-0.1, -0.05) is 48.6 Å². The first-order valence-corrected chi connectivity index (χ1v) is 9.30. The van der Waals surface area contributed by atoms with Crippen LogP contribution >= 0.6 is 0 Å². The highest BCUT2D eigenvalue weighted by Gasteiger charge is 2.12. The van der Waals surface area contributed by atoms with Gasteiger partial charge in [-0.3, -0.25) is 0 Å². The van der Waals surface area contributed by atoms with E-state index in [1.165, 1.54) is 0 Å². The van der Waals surface area contributed by atoms with Crippen molar-refractivity contribution < 1.29 is 9.47 Å². The van der Waals surface area contributed by atoms with E-state index in [1.54, 1.807) is 7.11 Å². The zero-order valence-corrected chi connectivity index (χ0v) is 16.2. The van der Waals surface area contributed by atoms with Crippen LogP contribution in [0.3, 0.4) is 0 Å². The molecule has 3 nitrogen and oxygen atoms in total. The highest BCUT2D eigenvalue weighted by atomic mass is 16.5. The van der Waals surface area contributed by atoms with E-state index in [9.17, 15) is 0 Å². The summed E-state index contributed by atoms with van der Waals surface area (Å²) in [5.74, 6) is 1.47. The second kappa shape index (κ2) is 9.56. The number of hydrogen-bond acceptors (Lipinski definition) is 3. The molecule has 0 aliphatic heterocycles. The molecule has 0 N–H and O–H groups in total. The first kappa shape index (κ1) is 19.4. The fraction of sp³-hybridized carbons (Fsp3) is 0.160. The molecule has 0 saturated heterocycles. The molecule has 0 bridgehead atoms. The number of nitrogens with zero attached hydrogens (tertiary/aromatic N) is 1. The molecule has 3 rings (SSSR count). The Labute approximate surface area is 167 Å². The average molecular weight is 371 g/mol. The van der Waals surface area contributed by atoms with Crippen LogP contribution in [-0.2, 0) is 19.4 Å². The van der Waals surface area contributed by atoms with Crippen molar-refractivity contribution in [1.29, 1.82) is 0 Å². The Bertz CT molecular complexity index is 948. The molecule has 0 atom stereocenters. The lowest BCUT2D eigenvalue weighted by Gasteiger charge is -2.14. The third-order valence-electron chi connectivity index (χ3n) is 4.46. The van der Waals surface area contributed by atoms with Crippen LogP contribution in [0.5, 0.6) is 11.6 Å². The van der Waals surface area contributed by atoms with Crippen molar-refractivity contribution in [1.82, 2.24) is 4.98 Å². The van der Waals surface area contributed by atoms with Gasteiger partial charge in [-0.25, -0.2) is 4.98 Å². The second-order valence-corrected chi connectivity index (χ2v) is 6.48. The van der Waals surface area contributed by atoms with Gasteiger partial charge in [0.2, 0.25) is 5.88 Å². The maximum atomic E-state index is 6.08. The predicted molar refractivity (Wildman–Crippen MR) is 115 cm³/mol. The van der Waals surface area contributed by atoms with Crippen molar-refractivity contribution in [2.45, 2.75) is 19.4 Å². The molecule has 0 radical (unpaired) electrons. The van der Waals surface area contributed by atoms with E-state index >= 15 is 0 Å². The Morgan fingerprint density at radius 3 is 2.43 bits per heavy atom. The van der Waals surface area contributed by atoms with E-state index in [-0.39, 0.29) is 0 Å². The molecule has 2 aromatic carbocycles. The molecule has 142 valence electrons. The molecule has 3 aromatic rings. The van der Waals surface area contributed by atoms with Crippen LogP contribution in [0.4, 0.5) is 0 Å². The predicted octanol–water partition coefficient (Wildman–Crippen LogP) is 5.79. The standard InChI is InChI=1S/C25H25NO2/c1-4-9-20-15-23(21-13-14-24(27-3)22(16-21)10-5-2)25(26-17-20)28-18-19-11-7-6-8-12-19/h4-8,11-17H,1-2,9-10,18H2,3H3. The third-order valence-corrected chi connectivity index (χ3v) is 4.46. The number of allylic oxidation sites excluding steroid dienone is 2. The lowest BCUT2D eigenvalue weighted by Crippen LogP contribution is -2.01. The summed E-state index contributed by atoms with van der Waals surface area (Å²) in [6.45, 7) is 8.15. The van der Waals surface area contributed by atoms with Crippen molar-refractivity contribution in [2.75, 3.05) is 7.11 Å². The number of benzene rings is 2. The van der Waals surface area contributed by atoms with Gasteiger partial charge >= 0.3 is 0 Å². The molecule has 0 spiro atoms. The fourth-order valence-corrected chi connectivity index (χ4v) is 3.08. The minimum Gasteiger partial charge on any atom is -0.496 e. The Balaban J connectivity index is 1.99. The van der Waals surface area contributed by atoms with Gasteiger partial charge in [0, 0.05) is 11.8 Å². The average Bonchev–Trinajstić information content (AvgIpc) is 2.74. The Kier molecular flexibility index (Phi) is 6.64. The Morgan fingerprint density at radius 1 is 0.929 bits per heavy atom. The van der Waals surface area contributed by atoms with Gasteiger partial charge in [0.05, 0.1) is 7.11 Å². The van der Waals surface area contributed by atoms with Crippen molar-refractivity contribution in [3.8, 4) is 22.8 Å². The van der Waals surface area contributed by atoms with Gasteiger partial charge in [0.1, 0.15) is 12.4 Å². The van der Waals surface area contributed by atoms with E-state index in [1.807, 2.05) is 60.8 Å².